The summed E-state index contributed by atoms with van der Waals surface area (Å²) in [5.41, 5.74) is 2.11. The highest BCUT2D eigenvalue weighted by Crippen LogP contribution is 2.18. The summed E-state index contributed by atoms with van der Waals surface area (Å²) in [5.74, 6) is 0.402. The molecule has 0 spiro atoms. The SMILES string of the molecule is Cc1ccc(S(=O)(=O)NCCc2nc(C(C)C)cs2)cc1. The molecule has 0 aliphatic carbocycles. The second-order valence-corrected chi connectivity index (χ2v) is 7.99. The van der Waals surface area contributed by atoms with Gasteiger partial charge >= 0.3 is 0 Å². The van der Waals surface area contributed by atoms with E-state index >= 15 is 0 Å². The van der Waals surface area contributed by atoms with Crippen molar-refractivity contribution in [2.75, 3.05) is 6.54 Å². The zero-order valence-corrected chi connectivity index (χ0v) is 14.1. The van der Waals surface area contributed by atoms with Crippen molar-refractivity contribution in [3.05, 3.63) is 45.9 Å². The minimum Gasteiger partial charge on any atom is -0.246 e. The van der Waals surface area contributed by atoms with E-state index in [0.717, 1.165) is 16.3 Å². The maximum absolute atomic E-state index is 12.1. The van der Waals surface area contributed by atoms with Crippen LogP contribution in [0.5, 0.6) is 0 Å². The zero-order valence-electron chi connectivity index (χ0n) is 12.5. The first kappa shape index (κ1) is 16.1. The molecule has 0 saturated carbocycles. The summed E-state index contributed by atoms with van der Waals surface area (Å²) < 4.78 is 26.9. The Morgan fingerprint density at radius 1 is 1.24 bits per heavy atom. The molecule has 0 amide bonds. The molecule has 0 radical (unpaired) electrons. The monoisotopic (exact) mass is 324 g/mol. The molecule has 114 valence electrons. The van der Waals surface area contributed by atoms with E-state index in [1.165, 1.54) is 0 Å². The standard InChI is InChI=1S/C15H20N2O2S2/c1-11(2)14-10-20-15(17-14)8-9-16-21(18,19)13-6-4-12(3)5-7-13/h4-7,10-11,16H,8-9H2,1-3H3. The van der Waals surface area contributed by atoms with E-state index in [4.69, 9.17) is 0 Å². The van der Waals surface area contributed by atoms with Crippen molar-refractivity contribution in [1.29, 1.82) is 0 Å². The first-order chi connectivity index (χ1) is 9.88. The van der Waals surface area contributed by atoms with Crippen LogP contribution in [0.4, 0.5) is 0 Å². The number of hydrogen-bond donors (Lipinski definition) is 1. The Labute approximate surface area is 130 Å². The third kappa shape index (κ3) is 4.36. The van der Waals surface area contributed by atoms with Crippen molar-refractivity contribution < 1.29 is 8.42 Å². The molecule has 1 heterocycles. The largest absolute Gasteiger partial charge is 0.246 e. The van der Waals surface area contributed by atoms with E-state index in [1.807, 2.05) is 12.3 Å². The molecule has 0 unspecified atom stereocenters. The summed E-state index contributed by atoms with van der Waals surface area (Å²) >= 11 is 1.58. The van der Waals surface area contributed by atoms with Gasteiger partial charge in [-0.3, -0.25) is 0 Å². The number of rotatable bonds is 6. The fraction of sp³-hybridized carbons (Fsp3) is 0.400. The molecule has 2 rings (SSSR count). The number of nitrogens with one attached hydrogen (secondary N) is 1. The lowest BCUT2D eigenvalue weighted by Gasteiger charge is -2.06. The molecular weight excluding hydrogens is 304 g/mol. The van der Waals surface area contributed by atoms with E-state index in [-0.39, 0.29) is 0 Å². The van der Waals surface area contributed by atoms with Crippen LogP contribution < -0.4 is 4.72 Å². The normalized spacial score (nSPS) is 12.0. The van der Waals surface area contributed by atoms with Crippen LogP contribution in [0.1, 0.15) is 36.0 Å². The number of nitrogens with zero attached hydrogens (tertiary/aromatic N) is 1. The molecule has 0 fully saturated rings. The molecule has 0 aliphatic rings. The number of hydrogen-bond acceptors (Lipinski definition) is 4. The number of aromatic nitrogens is 1. The summed E-state index contributed by atoms with van der Waals surface area (Å²) in [6.45, 7) is 6.48. The lowest BCUT2D eigenvalue weighted by atomic mass is 10.2. The van der Waals surface area contributed by atoms with Gasteiger partial charge in [-0.05, 0) is 25.0 Å². The van der Waals surface area contributed by atoms with Crippen LogP contribution in [-0.2, 0) is 16.4 Å². The Balaban J connectivity index is 1.94. The van der Waals surface area contributed by atoms with E-state index in [1.54, 1.807) is 35.6 Å². The Kier molecular flexibility index (Phi) is 5.13. The van der Waals surface area contributed by atoms with Crippen molar-refractivity contribution in [1.82, 2.24) is 9.71 Å². The predicted molar refractivity (Wildman–Crippen MR) is 86.3 cm³/mol. The van der Waals surface area contributed by atoms with Crippen molar-refractivity contribution >= 4 is 21.4 Å². The molecule has 6 heteroatoms. The minimum absolute atomic E-state index is 0.301. The van der Waals surface area contributed by atoms with Crippen molar-refractivity contribution in [2.24, 2.45) is 0 Å². The summed E-state index contributed by atoms with van der Waals surface area (Å²) in [6.07, 6.45) is 0.614. The summed E-state index contributed by atoms with van der Waals surface area (Å²) in [6, 6.07) is 6.84. The van der Waals surface area contributed by atoms with Gasteiger partial charge in [-0.25, -0.2) is 18.1 Å². The molecule has 0 saturated heterocycles. The van der Waals surface area contributed by atoms with Crippen LogP contribution in [0.15, 0.2) is 34.5 Å². The lowest BCUT2D eigenvalue weighted by molar-refractivity contribution is 0.581. The number of thiazole rings is 1. The van der Waals surface area contributed by atoms with Crippen LogP contribution in [0.25, 0.3) is 0 Å². The molecular formula is C15H20N2O2S2. The van der Waals surface area contributed by atoms with Gasteiger partial charge in [0.05, 0.1) is 15.6 Å². The highest BCUT2D eigenvalue weighted by molar-refractivity contribution is 7.89. The predicted octanol–water partition coefficient (Wildman–Crippen LogP) is 3.10. The molecule has 2 aromatic rings. The maximum Gasteiger partial charge on any atom is 0.240 e. The van der Waals surface area contributed by atoms with Crippen LogP contribution in [0, 0.1) is 6.92 Å². The summed E-state index contributed by atoms with van der Waals surface area (Å²) in [4.78, 5) is 4.80. The highest BCUT2D eigenvalue weighted by Gasteiger charge is 2.13. The van der Waals surface area contributed by atoms with Crippen LogP contribution >= 0.6 is 11.3 Å². The van der Waals surface area contributed by atoms with Gasteiger partial charge in [0.2, 0.25) is 10.0 Å². The van der Waals surface area contributed by atoms with Gasteiger partial charge in [0.1, 0.15) is 0 Å². The average Bonchev–Trinajstić information content (AvgIpc) is 2.88. The average molecular weight is 324 g/mol. The first-order valence-electron chi connectivity index (χ1n) is 6.89. The molecule has 4 nitrogen and oxygen atoms in total. The number of sulfonamides is 1. The maximum atomic E-state index is 12.1. The van der Waals surface area contributed by atoms with Crippen LogP contribution in [-0.4, -0.2) is 19.9 Å². The van der Waals surface area contributed by atoms with E-state index < -0.39 is 10.0 Å². The van der Waals surface area contributed by atoms with E-state index in [2.05, 4.69) is 23.6 Å². The van der Waals surface area contributed by atoms with Gasteiger partial charge in [0.15, 0.2) is 0 Å². The van der Waals surface area contributed by atoms with Crippen LogP contribution in [0.2, 0.25) is 0 Å². The molecule has 1 aromatic carbocycles. The third-order valence-electron chi connectivity index (χ3n) is 3.12. The second-order valence-electron chi connectivity index (χ2n) is 5.28. The molecule has 0 bridgehead atoms. The zero-order chi connectivity index (χ0) is 15.5. The Morgan fingerprint density at radius 3 is 2.48 bits per heavy atom. The first-order valence-corrected chi connectivity index (χ1v) is 9.25. The highest BCUT2D eigenvalue weighted by atomic mass is 32.2. The number of aryl methyl sites for hydroxylation is 1. The topological polar surface area (TPSA) is 59.1 Å². The van der Waals surface area contributed by atoms with Crippen molar-refractivity contribution in [3.8, 4) is 0 Å². The molecule has 0 atom stereocenters. The third-order valence-corrected chi connectivity index (χ3v) is 5.53. The number of benzene rings is 1. The van der Waals surface area contributed by atoms with Gasteiger partial charge in [0.25, 0.3) is 0 Å². The lowest BCUT2D eigenvalue weighted by Crippen LogP contribution is -2.26. The van der Waals surface area contributed by atoms with Crippen LogP contribution in [0.3, 0.4) is 0 Å². The second kappa shape index (κ2) is 6.68. The van der Waals surface area contributed by atoms with Gasteiger partial charge in [-0.15, -0.1) is 11.3 Å². The Bertz CT molecular complexity index is 689. The summed E-state index contributed by atoms with van der Waals surface area (Å²) in [7, 11) is -3.43. The Hall–Kier alpha value is -1.24. The van der Waals surface area contributed by atoms with E-state index in [9.17, 15) is 8.42 Å². The van der Waals surface area contributed by atoms with Gasteiger partial charge in [-0.2, -0.15) is 0 Å². The van der Waals surface area contributed by atoms with Crippen molar-refractivity contribution in [3.63, 3.8) is 0 Å². The van der Waals surface area contributed by atoms with Gasteiger partial charge < -0.3 is 0 Å². The fourth-order valence-corrected chi connectivity index (χ4v) is 3.79. The minimum atomic E-state index is -3.43. The smallest absolute Gasteiger partial charge is 0.240 e. The quantitative estimate of drug-likeness (QED) is 0.888. The van der Waals surface area contributed by atoms with Gasteiger partial charge in [-0.1, -0.05) is 31.5 Å². The molecule has 0 aliphatic heterocycles. The van der Waals surface area contributed by atoms with E-state index in [0.29, 0.717) is 23.8 Å². The molecule has 21 heavy (non-hydrogen) atoms. The summed E-state index contributed by atoms with van der Waals surface area (Å²) in [5, 5.41) is 3.00. The van der Waals surface area contributed by atoms with Gasteiger partial charge in [0, 0.05) is 18.3 Å². The molecule has 1 aromatic heterocycles. The Morgan fingerprint density at radius 2 is 1.90 bits per heavy atom. The molecule has 1 N–H and O–H groups in total. The van der Waals surface area contributed by atoms with Crippen molar-refractivity contribution in [2.45, 2.75) is 38.0 Å². The fourth-order valence-electron chi connectivity index (χ4n) is 1.80.